The molecule has 0 atom stereocenters. The van der Waals surface area contributed by atoms with Gasteiger partial charge in [-0.15, -0.1) is 0 Å². The molecule has 4 nitrogen and oxygen atoms in total. The van der Waals surface area contributed by atoms with Crippen molar-refractivity contribution in [3.8, 4) is 0 Å². The van der Waals surface area contributed by atoms with Crippen molar-refractivity contribution < 1.29 is 13.6 Å². The molecular weight excluding hydrogens is 252 g/mol. The van der Waals surface area contributed by atoms with Gasteiger partial charge in [-0.3, -0.25) is 4.79 Å². The number of benzene rings is 1. The van der Waals surface area contributed by atoms with E-state index in [0.717, 1.165) is 17.8 Å². The summed E-state index contributed by atoms with van der Waals surface area (Å²) in [6.07, 6.45) is 0. The van der Waals surface area contributed by atoms with E-state index in [1.807, 2.05) is 6.92 Å². The Hall–Kier alpha value is -2.24. The highest BCUT2D eigenvalue weighted by atomic mass is 19.2. The second kappa shape index (κ2) is 5.17. The third-order valence-electron chi connectivity index (χ3n) is 2.63. The Kier molecular flexibility index (Phi) is 3.59. The second-order valence-electron chi connectivity index (χ2n) is 4.07. The van der Waals surface area contributed by atoms with Gasteiger partial charge in [-0.05, 0) is 32.0 Å². The quantitative estimate of drug-likeness (QED) is 0.927. The van der Waals surface area contributed by atoms with Crippen LogP contribution in [0.5, 0.6) is 0 Å². The second-order valence-corrected chi connectivity index (χ2v) is 4.07. The predicted molar refractivity (Wildman–Crippen MR) is 66.9 cm³/mol. The lowest BCUT2D eigenvalue weighted by molar-refractivity contribution is 0.102. The Morgan fingerprint density at radius 2 is 2.05 bits per heavy atom. The minimum absolute atomic E-state index is 0.0559. The molecule has 0 bridgehead atoms. The molecule has 19 heavy (non-hydrogen) atoms. The smallest absolute Gasteiger partial charge is 0.256 e. The summed E-state index contributed by atoms with van der Waals surface area (Å²) in [5.41, 5.74) is 0.822. The minimum Gasteiger partial charge on any atom is -0.307 e. The molecule has 2 rings (SSSR count). The maximum atomic E-state index is 13.1. The summed E-state index contributed by atoms with van der Waals surface area (Å²) in [6.45, 7) is 4.29. The first-order valence-corrected chi connectivity index (χ1v) is 5.82. The zero-order chi connectivity index (χ0) is 14.0. The molecule has 1 amide bonds. The van der Waals surface area contributed by atoms with E-state index in [9.17, 15) is 13.6 Å². The molecule has 0 fully saturated rings. The third kappa shape index (κ3) is 2.78. The van der Waals surface area contributed by atoms with Gasteiger partial charge in [-0.1, -0.05) is 0 Å². The average molecular weight is 265 g/mol. The van der Waals surface area contributed by atoms with Crippen LogP contribution < -0.4 is 5.32 Å². The van der Waals surface area contributed by atoms with Crippen molar-refractivity contribution in [2.75, 3.05) is 5.32 Å². The van der Waals surface area contributed by atoms with Crippen LogP contribution >= 0.6 is 0 Å². The van der Waals surface area contributed by atoms with Gasteiger partial charge in [-0.2, -0.15) is 5.10 Å². The number of rotatable bonds is 3. The average Bonchev–Trinajstić information content (AvgIpc) is 2.72. The van der Waals surface area contributed by atoms with E-state index in [4.69, 9.17) is 0 Å². The molecule has 0 saturated carbocycles. The maximum Gasteiger partial charge on any atom is 0.256 e. The summed E-state index contributed by atoms with van der Waals surface area (Å²) >= 11 is 0. The van der Waals surface area contributed by atoms with Gasteiger partial charge in [-0.25, -0.2) is 13.5 Å². The van der Waals surface area contributed by atoms with Crippen molar-refractivity contribution in [2.24, 2.45) is 0 Å². The van der Waals surface area contributed by atoms with Crippen LogP contribution in [0.25, 0.3) is 0 Å². The summed E-state index contributed by atoms with van der Waals surface area (Å²) in [4.78, 5) is 11.9. The molecule has 0 saturated heterocycles. The van der Waals surface area contributed by atoms with E-state index in [0.29, 0.717) is 12.4 Å². The lowest BCUT2D eigenvalue weighted by Gasteiger charge is -2.07. The third-order valence-corrected chi connectivity index (χ3v) is 2.63. The van der Waals surface area contributed by atoms with Crippen molar-refractivity contribution >= 4 is 11.7 Å². The van der Waals surface area contributed by atoms with Crippen LogP contribution in [-0.2, 0) is 6.54 Å². The molecule has 0 unspecified atom stereocenters. The normalized spacial score (nSPS) is 10.5. The van der Waals surface area contributed by atoms with Crippen LogP contribution in [-0.4, -0.2) is 15.7 Å². The molecule has 0 spiro atoms. The van der Waals surface area contributed by atoms with E-state index >= 15 is 0 Å². The van der Waals surface area contributed by atoms with Crippen molar-refractivity contribution in [1.29, 1.82) is 0 Å². The van der Waals surface area contributed by atoms with Crippen molar-refractivity contribution in [3.63, 3.8) is 0 Å². The van der Waals surface area contributed by atoms with E-state index in [-0.39, 0.29) is 5.56 Å². The first-order valence-electron chi connectivity index (χ1n) is 5.82. The largest absolute Gasteiger partial charge is 0.307 e. The van der Waals surface area contributed by atoms with E-state index in [2.05, 4.69) is 10.4 Å². The Morgan fingerprint density at radius 1 is 1.32 bits per heavy atom. The number of carbonyl (C=O) groups excluding carboxylic acids is 1. The van der Waals surface area contributed by atoms with Crippen molar-refractivity contribution in [2.45, 2.75) is 20.4 Å². The predicted octanol–water partition coefficient (Wildman–Crippen LogP) is 2.74. The molecule has 0 aliphatic heterocycles. The highest BCUT2D eigenvalue weighted by Gasteiger charge is 2.12. The summed E-state index contributed by atoms with van der Waals surface area (Å²) in [6, 6.07) is 4.73. The van der Waals surface area contributed by atoms with Crippen LogP contribution in [0.4, 0.5) is 14.6 Å². The molecule has 0 aliphatic rings. The van der Waals surface area contributed by atoms with E-state index in [1.54, 1.807) is 17.7 Å². The van der Waals surface area contributed by atoms with Gasteiger partial charge in [0, 0.05) is 18.2 Å². The topological polar surface area (TPSA) is 46.9 Å². The Balaban J connectivity index is 2.22. The molecule has 100 valence electrons. The highest BCUT2D eigenvalue weighted by molar-refractivity contribution is 6.03. The van der Waals surface area contributed by atoms with Gasteiger partial charge < -0.3 is 5.32 Å². The van der Waals surface area contributed by atoms with Crippen LogP contribution in [0, 0.1) is 18.6 Å². The van der Waals surface area contributed by atoms with Gasteiger partial charge in [0.05, 0.1) is 5.69 Å². The first-order chi connectivity index (χ1) is 9.01. The Morgan fingerprint density at radius 3 is 2.68 bits per heavy atom. The lowest BCUT2D eigenvalue weighted by atomic mass is 10.2. The molecule has 1 aromatic carbocycles. The fourth-order valence-corrected chi connectivity index (χ4v) is 1.71. The number of anilines is 1. The van der Waals surface area contributed by atoms with Crippen molar-refractivity contribution in [1.82, 2.24) is 9.78 Å². The fourth-order valence-electron chi connectivity index (χ4n) is 1.71. The molecule has 0 radical (unpaired) electrons. The van der Waals surface area contributed by atoms with Gasteiger partial charge in [0.2, 0.25) is 0 Å². The number of amides is 1. The fraction of sp³-hybridized carbons (Fsp3) is 0.231. The molecule has 1 N–H and O–H groups in total. The lowest BCUT2D eigenvalue weighted by Crippen LogP contribution is -2.15. The number of nitrogens with one attached hydrogen (secondary N) is 1. The van der Waals surface area contributed by atoms with E-state index < -0.39 is 17.5 Å². The maximum absolute atomic E-state index is 13.1. The number of hydrogen-bond donors (Lipinski definition) is 1. The zero-order valence-electron chi connectivity index (χ0n) is 10.6. The Bertz CT molecular complexity index is 622. The first kappa shape index (κ1) is 13.2. The number of carbonyl (C=O) groups is 1. The number of aryl methyl sites for hydroxylation is 2. The molecule has 1 heterocycles. The number of aromatic nitrogens is 2. The zero-order valence-corrected chi connectivity index (χ0v) is 10.6. The standard InChI is InChI=1S/C13H13F2N3O/c1-3-18-12(6-8(2)17-18)16-13(19)9-4-5-10(14)11(15)7-9/h4-7H,3H2,1-2H3,(H,16,19). The summed E-state index contributed by atoms with van der Waals surface area (Å²) in [5, 5.41) is 6.79. The van der Waals surface area contributed by atoms with Crippen LogP contribution in [0.1, 0.15) is 23.0 Å². The monoisotopic (exact) mass is 265 g/mol. The minimum atomic E-state index is -1.05. The molecule has 6 heteroatoms. The van der Waals surface area contributed by atoms with E-state index in [1.165, 1.54) is 6.07 Å². The van der Waals surface area contributed by atoms with Crippen LogP contribution in [0.15, 0.2) is 24.3 Å². The number of nitrogens with zero attached hydrogens (tertiary/aromatic N) is 2. The van der Waals surface area contributed by atoms with Crippen LogP contribution in [0.3, 0.4) is 0 Å². The number of hydrogen-bond acceptors (Lipinski definition) is 2. The summed E-state index contributed by atoms with van der Waals surface area (Å²) < 4.78 is 27.5. The van der Waals surface area contributed by atoms with Gasteiger partial charge in [0.1, 0.15) is 5.82 Å². The summed E-state index contributed by atoms with van der Waals surface area (Å²) in [7, 11) is 0. The summed E-state index contributed by atoms with van der Waals surface area (Å²) in [5.74, 6) is -2.01. The van der Waals surface area contributed by atoms with Gasteiger partial charge in [0.15, 0.2) is 11.6 Å². The van der Waals surface area contributed by atoms with Gasteiger partial charge >= 0.3 is 0 Å². The molecular formula is C13H13F2N3O. The number of halogens is 2. The molecule has 0 aliphatic carbocycles. The molecule has 1 aromatic heterocycles. The SMILES string of the molecule is CCn1nc(C)cc1NC(=O)c1ccc(F)c(F)c1. The molecule has 2 aromatic rings. The van der Waals surface area contributed by atoms with Crippen molar-refractivity contribution in [3.05, 3.63) is 47.2 Å². The Labute approximate surface area is 109 Å². The van der Waals surface area contributed by atoms with Crippen LogP contribution in [0.2, 0.25) is 0 Å². The van der Waals surface area contributed by atoms with Gasteiger partial charge in [0.25, 0.3) is 5.91 Å². The highest BCUT2D eigenvalue weighted by Crippen LogP contribution is 2.13.